The maximum absolute atomic E-state index is 12.8. The summed E-state index contributed by atoms with van der Waals surface area (Å²) in [6.45, 7) is 0.983. The first kappa shape index (κ1) is 19.2. The van der Waals surface area contributed by atoms with Crippen molar-refractivity contribution in [2.45, 2.75) is 25.3 Å². The number of halogens is 1. The van der Waals surface area contributed by atoms with E-state index in [-0.39, 0.29) is 35.3 Å². The van der Waals surface area contributed by atoms with Crippen LogP contribution in [0.2, 0.25) is 5.02 Å². The van der Waals surface area contributed by atoms with Crippen LogP contribution in [-0.4, -0.2) is 67.7 Å². The van der Waals surface area contributed by atoms with Crippen LogP contribution in [-0.2, 0) is 14.6 Å². The van der Waals surface area contributed by atoms with Crippen LogP contribution in [0.25, 0.3) is 0 Å². The van der Waals surface area contributed by atoms with Gasteiger partial charge in [-0.05, 0) is 43.5 Å². The van der Waals surface area contributed by atoms with Gasteiger partial charge in [0, 0.05) is 36.8 Å². The molecule has 26 heavy (non-hydrogen) atoms. The molecule has 2 amide bonds. The van der Waals surface area contributed by atoms with Gasteiger partial charge in [-0.25, -0.2) is 8.42 Å². The number of piperidine rings is 1. The lowest BCUT2D eigenvalue weighted by atomic mass is 9.95. The molecule has 2 saturated heterocycles. The van der Waals surface area contributed by atoms with Crippen molar-refractivity contribution in [2.24, 2.45) is 5.92 Å². The number of rotatable bonds is 3. The number of carbonyl (C=O) groups excluding carboxylic acids is 2. The molecule has 2 fully saturated rings. The second-order valence-electron chi connectivity index (χ2n) is 7.10. The van der Waals surface area contributed by atoms with Crippen LogP contribution >= 0.6 is 11.6 Å². The molecule has 0 aliphatic carbocycles. The molecule has 0 spiro atoms. The average molecular weight is 399 g/mol. The Bertz CT molecular complexity index is 794. The Hall–Kier alpha value is -1.60. The van der Waals surface area contributed by atoms with Crippen LogP contribution < -0.4 is 0 Å². The topological polar surface area (TPSA) is 74.8 Å². The first-order chi connectivity index (χ1) is 12.3. The summed E-state index contributed by atoms with van der Waals surface area (Å²) in [5.74, 6) is -0.282. The summed E-state index contributed by atoms with van der Waals surface area (Å²) < 4.78 is 23.3. The van der Waals surface area contributed by atoms with Crippen molar-refractivity contribution >= 4 is 33.3 Å². The van der Waals surface area contributed by atoms with Crippen LogP contribution in [0.3, 0.4) is 0 Å². The van der Waals surface area contributed by atoms with Gasteiger partial charge >= 0.3 is 0 Å². The molecule has 2 heterocycles. The molecule has 0 N–H and O–H groups in total. The highest BCUT2D eigenvalue weighted by atomic mass is 35.5. The molecular weight excluding hydrogens is 376 g/mol. The number of amides is 2. The Kier molecular flexibility index (Phi) is 5.58. The summed E-state index contributed by atoms with van der Waals surface area (Å²) in [7, 11) is -1.36. The highest BCUT2D eigenvalue weighted by Gasteiger charge is 2.37. The zero-order valence-corrected chi connectivity index (χ0v) is 16.3. The van der Waals surface area contributed by atoms with Crippen LogP contribution in [0, 0.1) is 5.92 Å². The zero-order valence-electron chi connectivity index (χ0n) is 14.7. The molecule has 0 aromatic heterocycles. The van der Waals surface area contributed by atoms with E-state index >= 15 is 0 Å². The summed E-state index contributed by atoms with van der Waals surface area (Å²) in [5.41, 5.74) is 0.553. The van der Waals surface area contributed by atoms with E-state index in [1.807, 2.05) is 0 Å². The van der Waals surface area contributed by atoms with Gasteiger partial charge in [-0.2, -0.15) is 0 Å². The minimum Gasteiger partial charge on any atom is -0.341 e. The minimum absolute atomic E-state index is 0.0371. The number of carbonyl (C=O) groups is 2. The van der Waals surface area contributed by atoms with E-state index in [0.717, 1.165) is 6.42 Å². The molecule has 0 saturated carbocycles. The van der Waals surface area contributed by atoms with Gasteiger partial charge in [0.2, 0.25) is 5.91 Å². The fourth-order valence-corrected chi connectivity index (χ4v) is 5.59. The van der Waals surface area contributed by atoms with Crippen LogP contribution in [0.1, 0.15) is 29.6 Å². The Morgan fingerprint density at radius 2 is 1.88 bits per heavy atom. The minimum atomic E-state index is -3.04. The molecule has 1 aromatic carbocycles. The molecule has 6 nitrogen and oxygen atoms in total. The molecule has 3 rings (SSSR count). The van der Waals surface area contributed by atoms with E-state index in [9.17, 15) is 18.0 Å². The number of hydrogen-bond acceptors (Lipinski definition) is 4. The Morgan fingerprint density at radius 1 is 1.19 bits per heavy atom. The number of hydrogen-bond donors (Lipinski definition) is 0. The number of nitrogens with zero attached hydrogens (tertiary/aromatic N) is 2. The van der Waals surface area contributed by atoms with Gasteiger partial charge in [-0.15, -0.1) is 0 Å². The molecule has 0 radical (unpaired) electrons. The molecule has 2 unspecified atom stereocenters. The smallest absolute Gasteiger partial charge is 0.253 e. The first-order valence-electron chi connectivity index (χ1n) is 8.79. The monoisotopic (exact) mass is 398 g/mol. The van der Waals surface area contributed by atoms with E-state index in [1.165, 1.54) is 0 Å². The van der Waals surface area contributed by atoms with Crippen molar-refractivity contribution in [2.75, 3.05) is 31.6 Å². The van der Waals surface area contributed by atoms with E-state index in [1.54, 1.807) is 41.1 Å². The molecule has 142 valence electrons. The molecule has 2 aliphatic rings. The van der Waals surface area contributed by atoms with Gasteiger partial charge in [0.15, 0.2) is 9.84 Å². The fraction of sp³-hybridized carbons (Fsp3) is 0.556. The van der Waals surface area contributed by atoms with Gasteiger partial charge in [0.1, 0.15) is 0 Å². The van der Waals surface area contributed by atoms with Crippen molar-refractivity contribution in [3.63, 3.8) is 0 Å². The zero-order chi connectivity index (χ0) is 18.9. The molecule has 8 heteroatoms. The van der Waals surface area contributed by atoms with Crippen LogP contribution in [0.15, 0.2) is 24.3 Å². The average Bonchev–Trinajstić information content (AvgIpc) is 3.00. The molecule has 2 aliphatic heterocycles. The van der Waals surface area contributed by atoms with Gasteiger partial charge < -0.3 is 9.80 Å². The van der Waals surface area contributed by atoms with Gasteiger partial charge in [-0.3, -0.25) is 9.59 Å². The summed E-state index contributed by atoms with van der Waals surface area (Å²) >= 11 is 5.87. The molecule has 0 bridgehead atoms. The third-order valence-electron chi connectivity index (χ3n) is 5.25. The second-order valence-corrected chi connectivity index (χ2v) is 9.77. The third-order valence-corrected chi connectivity index (χ3v) is 7.26. The Balaban J connectivity index is 1.65. The van der Waals surface area contributed by atoms with Gasteiger partial charge in [-0.1, -0.05) is 11.6 Å². The first-order valence-corrected chi connectivity index (χ1v) is 11.0. The lowest BCUT2D eigenvalue weighted by Crippen LogP contribution is -2.48. The quantitative estimate of drug-likeness (QED) is 0.778. The third kappa shape index (κ3) is 4.20. The molecular formula is C18H23ClN2O4S. The predicted molar refractivity (Wildman–Crippen MR) is 99.9 cm³/mol. The summed E-state index contributed by atoms with van der Waals surface area (Å²) in [6.07, 6.45) is 1.96. The number of sulfone groups is 1. The second kappa shape index (κ2) is 7.56. The van der Waals surface area contributed by atoms with Crippen molar-refractivity contribution < 1.29 is 18.0 Å². The maximum atomic E-state index is 12.8. The predicted octanol–water partition coefficient (Wildman–Crippen LogP) is 1.84. The highest BCUT2D eigenvalue weighted by molar-refractivity contribution is 7.91. The fourth-order valence-electron chi connectivity index (χ4n) is 3.69. The normalized spacial score (nSPS) is 25.1. The Morgan fingerprint density at radius 3 is 2.50 bits per heavy atom. The van der Waals surface area contributed by atoms with E-state index < -0.39 is 9.84 Å². The van der Waals surface area contributed by atoms with E-state index in [0.29, 0.717) is 36.5 Å². The highest BCUT2D eigenvalue weighted by Crippen LogP contribution is 2.24. The molecule has 1 aromatic rings. The van der Waals surface area contributed by atoms with Crippen molar-refractivity contribution in [3.05, 3.63) is 34.9 Å². The summed E-state index contributed by atoms with van der Waals surface area (Å²) in [6, 6.07) is 6.47. The Labute approximate surface area is 159 Å². The maximum Gasteiger partial charge on any atom is 0.253 e. The van der Waals surface area contributed by atoms with Gasteiger partial charge in [0.05, 0.1) is 17.4 Å². The summed E-state index contributed by atoms with van der Waals surface area (Å²) in [4.78, 5) is 28.8. The SMILES string of the molecule is CN(C(=O)C1CCCN(C(=O)c2ccc(Cl)cc2)C1)C1CCS(=O)(=O)C1. The number of likely N-dealkylation sites (tertiary alicyclic amines) is 1. The lowest BCUT2D eigenvalue weighted by Gasteiger charge is -2.35. The van der Waals surface area contributed by atoms with Crippen molar-refractivity contribution in [3.8, 4) is 0 Å². The van der Waals surface area contributed by atoms with E-state index in [2.05, 4.69) is 0 Å². The van der Waals surface area contributed by atoms with Crippen molar-refractivity contribution in [1.29, 1.82) is 0 Å². The van der Waals surface area contributed by atoms with Crippen LogP contribution in [0.5, 0.6) is 0 Å². The van der Waals surface area contributed by atoms with Gasteiger partial charge in [0.25, 0.3) is 5.91 Å². The largest absolute Gasteiger partial charge is 0.341 e. The van der Waals surface area contributed by atoms with E-state index in [4.69, 9.17) is 11.6 Å². The molecule has 2 atom stereocenters. The van der Waals surface area contributed by atoms with Crippen LogP contribution in [0.4, 0.5) is 0 Å². The lowest BCUT2D eigenvalue weighted by molar-refractivity contribution is -0.137. The van der Waals surface area contributed by atoms with Crippen molar-refractivity contribution in [1.82, 2.24) is 9.80 Å². The summed E-state index contributed by atoms with van der Waals surface area (Å²) in [5, 5.41) is 0.571. The standard InChI is InChI=1S/C18H23ClN2O4S/c1-20(16-8-10-26(24,25)12-16)17(22)14-3-2-9-21(11-14)18(23)13-4-6-15(19)7-5-13/h4-7,14,16H,2-3,8-12H2,1H3. The number of benzene rings is 1.